The maximum atomic E-state index is 13.1. The van der Waals surface area contributed by atoms with Crippen molar-refractivity contribution in [1.29, 1.82) is 0 Å². The van der Waals surface area contributed by atoms with E-state index in [1.165, 1.54) is 12.1 Å². The Bertz CT molecular complexity index is 687. The Balaban J connectivity index is 1.83. The summed E-state index contributed by atoms with van der Waals surface area (Å²) in [6.45, 7) is 0.638. The van der Waals surface area contributed by atoms with Crippen molar-refractivity contribution < 1.29 is 4.39 Å². The minimum absolute atomic E-state index is 0.129. The summed E-state index contributed by atoms with van der Waals surface area (Å²) in [7, 11) is 1.90. The molecule has 0 saturated carbocycles. The summed E-state index contributed by atoms with van der Waals surface area (Å²) in [4.78, 5) is 7.41. The number of halogens is 1. The zero-order chi connectivity index (χ0) is 14.7. The van der Waals surface area contributed by atoms with Gasteiger partial charge in [0.05, 0.1) is 11.7 Å². The molecular formula is C15H16FN5. The van der Waals surface area contributed by atoms with Crippen molar-refractivity contribution >= 4 is 0 Å². The molecule has 21 heavy (non-hydrogen) atoms. The van der Waals surface area contributed by atoms with Crippen LogP contribution in [-0.4, -0.2) is 19.7 Å². The Hall–Kier alpha value is -2.47. The van der Waals surface area contributed by atoms with Crippen LogP contribution in [0.1, 0.15) is 23.1 Å². The molecule has 0 spiro atoms. The van der Waals surface area contributed by atoms with E-state index < -0.39 is 0 Å². The number of aryl methyl sites for hydroxylation is 1. The second kappa shape index (κ2) is 5.88. The maximum absolute atomic E-state index is 13.1. The van der Waals surface area contributed by atoms with E-state index >= 15 is 0 Å². The first-order valence-electron chi connectivity index (χ1n) is 6.69. The highest BCUT2D eigenvalue weighted by atomic mass is 19.1. The van der Waals surface area contributed by atoms with Crippen LogP contribution in [0.15, 0.2) is 48.9 Å². The Morgan fingerprint density at radius 1 is 1.24 bits per heavy atom. The van der Waals surface area contributed by atoms with E-state index in [1.54, 1.807) is 30.7 Å². The molecule has 0 unspecified atom stereocenters. The third kappa shape index (κ3) is 3.00. The zero-order valence-electron chi connectivity index (χ0n) is 11.6. The SMILES string of the molecule is Cn1nccc1CN[C@H](c1ccc(F)cc1)c1ncc[nH]1. The largest absolute Gasteiger partial charge is 0.347 e. The highest BCUT2D eigenvalue weighted by molar-refractivity contribution is 5.25. The van der Waals surface area contributed by atoms with E-state index in [9.17, 15) is 4.39 Å². The fourth-order valence-corrected chi connectivity index (χ4v) is 2.24. The lowest BCUT2D eigenvalue weighted by Gasteiger charge is -2.17. The number of aromatic amines is 1. The molecule has 1 aromatic carbocycles. The van der Waals surface area contributed by atoms with Gasteiger partial charge in [0.1, 0.15) is 11.6 Å². The molecule has 0 saturated heterocycles. The number of hydrogen-bond donors (Lipinski definition) is 2. The molecule has 0 aliphatic rings. The van der Waals surface area contributed by atoms with E-state index in [0.717, 1.165) is 17.1 Å². The molecule has 0 aliphatic carbocycles. The predicted octanol–water partition coefficient (Wildman–Crippen LogP) is 2.16. The number of imidazole rings is 1. The molecule has 3 rings (SSSR count). The van der Waals surface area contributed by atoms with Crippen LogP contribution in [0.5, 0.6) is 0 Å². The smallest absolute Gasteiger partial charge is 0.127 e. The molecule has 2 N–H and O–H groups in total. The van der Waals surface area contributed by atoms with Crippen molar-refractivity contribution in [3.63, 3.8) is 0 Å². The first-order valence-corrected chi connectivity index (χ1v) is 6.69. The quantitative estimate of drug-likeness (QED) is 0.755. The van der Waals surface area contributed by atoms with E-state index in [4.69, 9.17) is 0 Å². The van der Waals surface area contributed by atoms with Crippen LogP contribution in [0.3, 0.4) is 0 Å². The number of aromatic nitrogens is 4. The van der Waals surface area contributed by atoms with Gasteiger partial charge >= 0.3 is 0 Å². The molecule has 2 aromatic heterocycles. The van der Waals surface area contributed by atoms with Gasteiger partial charge in [-0.3, -0.25) is 10.00 Å². The van der Waals surface area contributed by atoms with E-state index in [1.807, 2.05) is 17.8 Å². The molecule has 108 valence electrons. The topological polar surface area (TPSA) is 58.5 Å². The third-order valence-electron chi connectivity index (χ3n) is 3.41. The van der Waals surface area contributed by atoms with Crippen molar-refractivity contribution in [2.24, 2.45) is 7.05 Å². The van der Waals surface area contributed by atoms with Crippen LogP contribution in [0.2, 0.25) is 0 Å². The standard InChI is InChI=1S/C15H16FN5/c1-21-13(6-7-20-21)10-19-14(15-17-8-9-18-15)11-2-4-12(16)5-3-11/h2-9,14,19H,10H2,1H3,(H,17,18)/t14-/m1/s1. The van der Waals surface area contributed by atoms with E-state index in [0.29, 0.717) is 6.54 Å². The molecule has 2 heterocycles. The highest BCUT2D eigenvalue weighted by Gasteiger charge is 2.16. The first kappa shape index (κ1) is 13.5. The van der Waals surface area contributed by atoms with Crippen LogP contribution in [0, 0.1) is 5.82 Å². The van der Waals surface area contributed by atoms with E-state index in [-0.39, 0.29) is 11.9 Å². The summed E-state index contributed by atoms with van der Waals surface area (Å²) in [5.41, 5.74) is 2.02. The van der Waals surface area contributed by atoms with Crippen molar-refractivity contribution in [3.05, 3.63) is 71.8 Å². The zero-order valence-corrected chi connectivity index (χ0v) is 11.6. The normalized spacial score (nSPS) is 12.5. The highest BCUT2D eigenvalue weighted by Crippen LogP contribution is 2.20. The second-order valence-electron chi connectivity index (χ2n) is 4.79. The van der Waals surface area contributed by atoms with Crippen LogP contribution in [0.4, 0.5) is 4.39 Å². The summed E-state index contributed by atoms with van der Waals surface area (Å²) in [6, 6.07) is 8.26. The van der Waals surface area contributed by atoms with Crippen molar-refractivity contribution in [2.45, 2.75) is 12.6 Å². The maximum Gasteiger partial charge on any atom is 0.127 e. The molecule has 0 fully saturated rings. The van der Waals surface area contributed by atoms with Gasteiger partial charge in [0.15, 0.2) is 0 Å². The van der Waals surface area contributed by atoms with Gasteiger partial charge in [-0.25, -0.2) is 9.37 Å². The van der Waals surface area contributed by atoms with Crippen molar-refractivity contribution in [2.75, 3.05) is 0 Å². The molecule has 3 aromatic rings. The lowest BCUT2D eigenvalue weighted by atomic mass is 10.1. The van der Waals surface area contributed by atoms with Gasteiger partial charge in [0.2, 0.25) is 0 Å². The summed E-state index contributed by atoms with van der Waals surface area (Å²) in [5.74, 6) is 0.548. The fraction of sp³-hybridized carbons (Fsp3) is 0.200. The molecule has 5 nitrogen and oxygen atoms in total. The molecule has 0 aliphatic heterocycles. The summed E-state index contributed by atoms with van der Waals surface area (Å²) < 4.78 is 14.9. The number of hydrogen-bond acceptors (Lipinski definition) is 3. The van der Waals surface area contributed by atoms with Gasteiger partial charge in [-0.1, -0.05) is 12.1 Å². The van der Waals surface area contributed by atoms with Crippen LogP contribution in [0.25, 0.3) is 0 Å². The lowest BCUT2D eigenvalue weighted by Crippen LogP contribution is -2.24. The van der Waals surface area contributed by atoms with Gasteiger partial charge in [-0.05, 0) is 23.8 Å². The minimum Gasteiger partial charge on any atom is -0.347 e. The van der Waals surface area contributed by atoms with E-state index in [2.05, 4.69) is 20.4 Å². The Morgan fingerprint density at radius 3 is 2.67 bits per heavy atom. The minimum atomic E-state index is -0.247. The van der Waals surface area contributed by atoms with Gasteiger partial charge in [0, 0.05) is 32.2 Å². The summed E-state index contributed by atoms with van der Waals surface area (Å²) in [6.07, 6.45) is 5.24. The third-order valence-corrected chi connectivity index (χ3v) is 3.41. The van der Waals surface area contributed by atoms with Gasteiger partial charge < -0.3 is 4.98 Å². The van der Waals surface area contributed by atoms with Crippen LogP contribution in [-0.2, 0) is 13.6 Å². The molecule has 0 amide bonds. The summed E-state index contributed by atoms with van der Waals surface area (Å²) in [5, 5.41) is 7.57. The Morgan fingerprint density at radius 2 is 2.05 bits per heavy atom. The number of nitrogens with zero attached hydrogens (tertiary/aromatic N) is 3. The fourth-order valence-electron chi connectivity index (χ4n) is 2.24. The van der Waals surface area contributed by atoms with Gasteiger partial charge in [0.25, 0.3) is 0 Å². The molecule has 0 radical (unpaired) electrons. The number of benzene rings is 1. The van der Waals surface area contributed by atoms with Crippen molar-refractivity contribution in [1.82, 2.24) is 25.1 Å². The molecule has 6 heteroatoms. The average molecular weight is 285 g/mol. The Kier molecular flexibility index (Phi) is 3.79. The summed E-state index contributed by atoms with van der Waals surface area (Å²) >= 11 is 0. The molecule has 1 atom stereocenters. The number of H-pyrrole nitrogens is 1. The molecule has 0 bridgehead atoms. The first-order chi connectivity index (χ1) is 10.2. The van der Waals surface area contributed by atoms with Crippen LogP contribution >= 0.6 is 0 Å². The van der Waals surface area contributed by atoms with Crippen molar-refractivity contribution in [3.8, 4) is 0 Å². The van der Waals surface area contributed by atoms with Gasteiger partial charge in [-0.2, -0.15) is 5.10 Å². The lowest BCUT2D eigenvalue weighted by molar-refractivity contribution is 0.552. The van der Waals surface area contributed by atoms with Crippen LogP contribution < -0.4 is 5.32 Å². The second-order valence-corrected chi connectivity index (χ2v) is 4.79. The number of rotatable bonds is 5. The van der Waals surface area contributed by atoms with Gasteiger partial charge in [-0.15, -0.1) is 0 Å². The number of nitrogens with one attached hydrogen (secondary N) is 2. The Labute approximate surface area is 121 Å². The predicted molar refractivity (Wildman–Crippen MR) is 76.9 cm³/mol. The average Bonchev–Trinajstić information content (AvgIpc) is 3.13. The monoisotopic (exact) mass is 285 g/mol. The molecular weight excluding hydrogens is 269 g/mol.